The molecule has 0 aromatic heterocycles. The number of rotatable bonds is 4. The SMILES string of the molecule is CC1CCCCC1CNc1ccc(C(=O)O)cc1. The van der Waals surface area contributed by atoms with Crippen LogP contribution in [-0.4, -0.2) is 17.6 Å². The number of carbonyl (C=O) groups is 1. The van der Waals surface area contributed by atoms with E-state index in [0.717, 1.165) is 24.1 Å². The molecule has 1 saturated carbocycles. The van der Waals surface area contributed by atoms with Crippen LogP contribution in [0.25, 0.3) is 0 Å². The van der Waals surface area contributed by atoms with Crippen molar-refractivity contribution >= 4 is 11.7 Å². The van der Waals surface area contributed by atoms with Crippen molar-refractivity contribution in [1.29, 1.82) is 0 Å². The van der Waals surface area contributed by atoms with Crippen molar-refractivity contribution in [1.82, 2.24) is 0 Å². The first kappa shape index (κ1) is 12.9. The molecule has 0 aliphatic heterocycles. The Hall–Kier alpha value is -1.51. The molecule has 2 atom stereocenters. The Kier molecular flexibility index (Phi) is 4.24. The van der Waals surface area contributed by atoms with Crippen LogP contribution in [0.5, 0.6) is 0 Å². The third kappa shape index (κ3) is 3.25. The second kappa shape index (κ2) is 5.89. The van der Waals surface area contributed by atoms with Crippen molar-refractivity contribution in [2.24, 2.45) is 11.8 Å². The highest BCUT2D eigenvalue weighted by Gasteiger charge is 2.20. The molecule has 0 bridgehead atoms. The zero-order valence-corrected chi connectivity index (χ0v) is 10.9. The van der Waals surface area contributed by atoms with Crippen LogP contribution in [0, 0.1) is 11.8 Å². The molecule has 98 valence electrons. The van der Waals surface area contributed by atoms with Gasteiger partial charge in [0.05, 0.1) is 5.56 Å². The van der Waals surface area contributed by atoms with E-state index in [4.69, 9.17) is 5.11 Å². The van der Waals surface area contributed by atoms with E-state index in [0.29, 0.717) is 5.56 Å². The maximum Gasteiger partial charge on any atom is 0.335 e. The summed E-state index contributed by atoms with van der Waals surface area (Å²) in [6.07, 6.45) is 5.35. The molecule has 3 nitrogen and oxygen atoms in total. The van der Waals surface area contributed by atoms with Gasteiger partial charge < -0.3 is 10.4 Å². The largest absolute Gasteiger partial charge is 0.478 e. The van der Waals surface area contributed by atoms with Crippen LogP contribution in [-0.2, 0) is 0 Å². The Balaban J connectivity index is 1.87. The van der Waals surface area contributed by atoms with Gasteiger partial charge in [-0.3, -0.25) is 0 Å². The molecule has 1 fully saturated rings. The lowest BCUT2D eigenvalue weighted by Gasteiger charge is -2.29. The third-order valence-electron chi connectivity index (χ3n) is 3.99. The Morgan fingerprint density at radius 1 is 1.28 bits per heavy atom. The number of hydrogen-bond donors (Lipinski definition) is 2. The van der Waals surface area contributed by atoms with Crippen molar-refractivity contribution in [2.45, 2.75) is 32.6 Å². The van der Waals surface area contributed by atoms with Gasteiger partial charge >= 0.3 is 5.97 Å². The molecular formula is C15H21NO2. The minimum absolute atomic E-state index is 0.339. The molecule has 0 heterocycles. The summed E-state index contributed by atoms with van der Waals surface area (Å²) in [5.74, 6) is 0.671. The van der Waals surface area contributed by atoms with Gasteiger partial charge in [-0.15, -0.1) is 0 Å². The number of hydrogen-bond acceptors (Lipinski definition) is 2. The molecule has 18 heavy (non-hydrogen) atoms. The Morgan fingerprint density at radius 3 is 2.56 bits per heavy atom. The minimum atomic E-state index is -0.873. The first-order valence-electron chi connectivity index (χ1n) is 6.74. The zero-order valence-electron chi connectivity index (χ0n) is 10.9. The summed E-state index contributed by atoms with van der Waals surface area (Å²) in [4.78, 5) is 10.7. The van der Waals surface area contributed by atoms with E-state index < -0.39 is 5.97 Å². The Morgan fingerprint density at radius 2 is 1.94 bits per heavy atom. The minimum Gasteiger partial charge on any atom is -0.478 e. The van der Waals surface area contributed by atoms with E-state index in [9.17, 15) is 4.79 Å². The number of nitrogens with one attached hydrogen (secondary N) is 1. The molecule has 0 radical (unpaired) electrons. The van der Waals surface area contributed by atoms with E-state index in [1.807, 2.05) is 12.1 Å². The normalized spacial score (nSPS) is 23.6. The van der Waals surface area contributed by atoms with Crippen LogP contribution in [0.3, 0.4) is 0 Å². The van der Waals surface area contributed by atoms with Crippen LogP contribution < -0.4 is 5.32 Å². The van der Waals surface area contributed by atoms with E-state index in [2.05, 4.69) is 12.2 Å². The van der Waals surface area contributed by atoms with Gasteiger partial charge in [0.2, 0.25) is 0 Å². The monoisotopic (exact) mass is 247 g/mol. The number of aromatic carboxylic acids is 1. The highest BCUT2D eigenvalue weighted by atomic mass is 16.4. The molecule has 1 aliphatic carbocycles. The predicted octanol–water partition coefficient (Wildman–Crippen LogP) is 3.62. The van der Waals surface area contributed by atoms with Gasteiger partial charge in [0.15, 0.2) is 0 Å². The summed E-state index contributed by atoms with van der Waals surface area (Å²) in [5.41, 5.74) is 1.35. The Labute approximate surface area is 108 Å². The fourth-order valence-electron chi connectivity index (χ4n) is 2.68. The molecule has 2 unspecified atom stereocenters. The fraction of sp³-hybridized carbons (Fsp3) is 0.533. The van der Waals surface area contributed by atoms with Crippen molar-refractivity contribution in [3.05, 3.63) is 29.8 Å². The first-order valence-corrected chi connectivity index (χ1v) is 6.74. The number of carboxylic acid groups (broad SMARTS) is 1. The van der Waals surface area contributed by atoms with E-state index in [-0.39, 0.29) is 0 Å². The predicted molar refractivity (Wildman–Crippen MR) is 73.0 cm³/mol. The number of anilines is 1. The average molecular weight is 247 g/mol. The molecule has 0 spiro atoms. The lowest BCUT2D eigenvalue weighted by Crippen LogP contribution is -2.24. The zero-order chi connectivity index (χ0) is 13.0. The fourth-order valence-corrected chi connectivity index (χ4v) is 2.68. The maximum absolute atomic E-state index is 10.7. The van der Waals surface area contributed by atoms with Gasteiger partial charge in [-0.25, -0.2) is 4.79 Å². The summed E-state index contributed by atoms with van der Waals surface area (Å²) in [6.45, 7) is 3.33. The van der Waals surface area contributed by atoms with Crippen LogP contribution in [0.15, 0.2) is 24.3 Å². The highest BCUT2D eigenvalue weighted by molar-refractivity contribution is 5.87. The van der Waals surface area contributed by atoms with Gasteiger partial charge in [-0.05, 0) is 42.5 Å². The molecular weight excluding hydrogens is 226 g/mol. The van der Waals surface area contributed by atoms with E-state index >= 15 is 0 Å². The van der Waals surface area contributed by atoms with Crippen LogP contribution >= 0.6 is 0 Å². The summed E-state index contributed by atoms with van der Waals surface area (Å²) in [5, 5.41) is 12.2. The Bertz CT molecular complexity index is 399. The molecule has 3 heteroatoms. The quantitative estimate of drug-likeness (QED) is 0.854. The molecule has 1 aliphatic rings. The molecule has 0 saturated heterocycles. The second-order valence-electron chi connectivity index (χ2n) is 5.29. The van der Waals surface area contributed by atoms with Crippen molar-refractivity contribution in [3.8, 4) is 0 Å². The van der Waals surface area contributed by atoms with Gasteiger partial charge in [0.25, 0.3) is 0 Å². The summed E-state index contributed by atoms with van der Waals surface area (Å²) >= 11 is 0. The summed E-state index contributed by atoms with van der Waals surface area (Å²) in [6, 6.07) is 6.98. The lowest BCUT2D eigenvalue weighted by atomic mass is 9.80. The average Bonchev–Trinajstić information content (AvgIpc) is 2.38. The number of carboxylic acids is 1. The third-order valence-corrected chi connectivity index (χ3v) is 3.99. The van der Waals surface area contributed by atoms with Crippen LogP contribution in [0.2, 0.25) is 0 Å². The van der Waals surface area contributed by atoms with Gasteiger partial charge in [-0.1, -0.05) is 26.2 Å². The van der Waals surface area contributed by atoms with E-state index in [1.165, 1.54) is 25.7 Å². The first-order chi connectivity index (χ1) is 8.66. The van der Waals surface area contributed by atoms with Crippen LogP contribution in [0.1, 0.15) is 43.0 Å². The number of benzene rings is 1. The van der Waals surface area contributed by atoms with Crippen molar-refractivity contribution in [2.75, 3.05) is 11.9 Å². The summed E-state index contributed by atoms with van der Waals surface area (Å²) < 4.78 is 0. The molecule has 1 aromatic carbocycles. The van der Waals surface area contributed by atoms with Crippen molar-refractivity contribution in [3.63, 3.8) is 0 Å². The van der Waals surface area contributed by atoms with Gasteiger partial charge in [0, 0.05) is 12.2 Å². The van der Waals surface area contributed by atoms with Gasteiger partial charge in [0.1, 0.15) is 0 Å². The standard InChI is InChI=1S/C15H21NO2/c1-11-4-2-3-5-13(11)10-16-14-8-6-12(7-9-14)15(17)18/h6-9,11,13,16H,2-5,10H2,1H3,(H,17,18). The van der Waals surface area contributed by atoms with Gasteiger partial charge in [-0.2, -0.15) is 0 Å². The topological polar surface area (TPSA) is 49.3 Å². The second-order valence-corrected chi connectivity index (χ2v) is 5.29. The highest BCUT2D eigenvalue weighted by Crippen LogP contribution is 2.29. The van der Waals surface area contributed by atoms with Crippen molar-refractivity contribution < 1.29 is 9.90 Å². The molecule has 1 aromatic rings. The maximum atomic E-state index is 10.7. The lowest BCUT2D eigenvalue weighted by molar-refractivity contribution is 0.0697. The summed E-state index contributed by atoms with van der Waals surface area (Å²) in [7, 11) is 0. The van der Waals surface area contributed by atoms with Crippen LogP contribution in [0.4, 0.5) is 5.69 Å². The molecule has 2 rings (SSSR count). The smallest absolute Gasteiger partial charge is 0.335 e. The molecule has 0 amide bonds. The molecule has 2 N–H and O–H groups in total. The van der Waals surface area contributed by atoms with E-state index in [1.54, 1.807) is 12.1 Å².